The molecule has 0 fully saturated rings. The smallest absolute Gasteiger partial charge is 1.00 e. The summed E-state index contributed by atoms with van der Waals surface area (Å²) in [6.45, 7) is 20.6. The third-order valence-corrected chi connectivity index (χ3v) is 39.6. The molecule has 4 aromatic carbocycles. The fourth-order valence-electron chi connectivity index (χ4n) is 10.7. The summed E-state index contributed by atoms with van der Waals surface area (Å²) in [5.41, 5.74) is 10.2. The Labute approximate surface area is 386 Å². The standard InChI is InChI=1S/2C25H29OSi.C2H7Si.2ClH.Zr/c2*1-25(2,3)23-18-19-12-10-11-17-22(19)24(23)26-27(20-13-6-4-7-14-20)21-15-8-5-9-16-21;1-3-2;;;/h2*4-9,13-16,18,27H,10-12,17H2,1-3H3;3H,1-2H3;2*1H;/q;;;;;+2/p-2. The predicted molar refractivity (Wildman–Crippen MR) is 251 cm³/mol. The van der Waals surface area contributed by atoms with E-state index in [2.05, 4.69) is 176 Å². The second-order valence-electron chi connectivity index (χ2n) is 19.6. The Balaban J connectivity index is 0.00000302. The Morgan fingerprint density at radius 3 is 1.00 bits per heavy atom. The van der Waals surface area contributed by atoms with E-state index < -0.39 is 44.9 Å². The molecular weight excluding hydrogens is 903 g/mol. The number of hydrogen-bond donors (Lipinski definition) is 0. The average molecular weight is 968 g/mol. The molecule has 0 radical (unpaired) electrons. The second kappa shape index (κ2) is 19.9. The number of benzene rings is 4. The summed E-state index contributed by atoms with van der Waals surface area (Å²) in [5, 5.41) is 5.49. The zero-order valence-electron chi connectivity index (χ0n) is 37.2. The Kier molecular flexibility index (Phi) is 15.6. The maximum atomic E-state index is 7.85. The van der Waals surface area contributed by atoms with Gasteiger partial charge in [0, 0.05) is 0 Å². The topological polar surface area (TPSA) is 18.5 Å². The molecule has 315 valence electrons. The van der Waals surface area contributed by atoms with Crippen molar-refractivity contribution in [1.82, 2.24) is 0 Å². The van der Waals surface area contributed by atoms with Gasteiger partial charge in [-0.15, -0.1) is 0 Å². The van der Waals surface area contributed by atoms with Gasteiger partial charge in [-0.25, -0.2) is 0 Å². The molecule has 0 saturated carbocycles. The van der Waals surface area contributed by atoms with Gasteiger partial charge in [0.25, 0.3) is 0 Å². The van der Waals surface area contributed by atoms with Crippen LogP contribution >= 0.6 is 0 Å². The van der Waals surface area contributed by atoms with E-state index in [0.717, 1.165) is 12.8 Å². The fraction of sp³-hybridized carbons (Fsp3) is 0.385. The first-order valence-electron chi connectivity index (χ1n) is 22.3. The Bertz CT molecular complexity index is 1970. The van der Waals surface area contributed by atoms with Crippen molar-refractivity contribution in [3.8, 4) is 0 Å². The zero-order valence-corrected chi connectivity index (χ0v) is 44.6. The van der Waals surface area contributed by atoms with Crippen molar-refractivity contribution < 1.29 is 54.6 Å². The first kappa shape index (κ1) is 47.0. The Morgan fingerprint density at radius 1 is 0.450 bits per heavy atom. The molecule has 4 aliphatic rings. The van der Waals surface area contributed by atoms with E-state index >= 15 is 0 Å². The second-order valence-corrected chi connectivity index (χ2v) is 44.3. The van der Waals surface area contributed by atoms with Gasteiger partial charge in [-0.05, 0) is 0 Å². The molecule has 2 nitrogen and oxygen atoms in total. The SMILES string of the molecule is C[SiH](C)[Zr+2]([CH]1C2=C(CCCC2)C(O[SiH](c2ccccc2)c2ccccc2)=C1C(C)(C)C)[CH]1C2=C(CCCC2)C(O[SiH](c2ccccc2)c2ccccc2)=C1C(C)(C)C.[Cl-].[Cl-]. The number of halogens is 2. The van der Waals surface area contributed by atoms with E-state index in [-0.39, 0.29) is 35.6 Å². The number of hydrogen-bond acceptors (Lipinski definition) is 2. The molecule has 0 spiro atoms. The molecule has 0 N–H and O–H groups in total. The minimum Gasteiger partial charge on any atom is -1.00 e. The minimum atomic E-state index is -2.49. The monoisotopic (exact) mass is 965 g/mol. The quantitative estimate of drug-likeness (QED) is 0.204. The van der Waals surface area contributed by atoms with E-state index in [1.54, 1.807) is 22.3 Å². The summed E-state index contributed by atoms with van der Waals surface area (Å²) in [6.07, 6.45) is 9.98. The third-order valence-electron chi connectivity index (χ3n) is 13.2. The first-order chi connectivity index (χ1) is 27.9. The van der Waals surface area contributed by atoms with Crippen LogP contribution in [0.2, 0.25) is 20.3 Å². The van der Waals surface area contributed by atoms with Crippen molar-refractivity contribution in [1.29, 1.82) is 0 Å². The van der Waals surface area contributed by atoms with Crippen molar-refractivity contribution in [3.05, 3.63) is 166 Å². The molecule has 0 aromatic heterocycles. The van der Waals surface area contributed by atoms with Crippen molar-refractivity contribution in [2.45, 2.75) is 113 Å². The average Bonchev–Trinajstić information content (AvgIpc) is 3.73. The normalized spacial score (nSPS) is 19.4. The predicted octanol–water partition coefficient (Wildman–Crippen LogP) is 4.65. The summed E-state index contributed by atoms with van der Waals surface area (Å²) in [4.78, 5) is 0. The summed E-state index contributed by atoms with van der Waals surface area (Å²) in [5.74, 6) is 1.53. The first-order valence-corrected chi connectivity index (χ1v) is 35.5. The molecule has 4 aliphatic carbocycles. The fourth-order valence-corrected chi connectivity index (χ4v) is 39.6. The molecular formula is C52H65Cl2O2Si3Zr. The van der Waals surface area contributed by atoms with Gasteiger partial charge in [0.1, 0.15) is 0 Å². The van der Waals surface area contributed by atoms with Crippen LogP contribution in [0, 0.1) is 10.8 Å². The molecule has 0 saturated heterocycles. The van der Waals surface area contributed by atoms with Crippen LogP contribution in [0.15, 0.2) is 166 Å². The van der Waals surface area contributed by atoms with Crippen LogP contribution in [0.3, 0.4) is 0 Å². The van der Waals surface area contributed by atoms with Gasteiger partial charge in [0.2, 0.25) is 0 Å². The van der Waals surface area contributed by atoms with E-state index in [1.807, 2.05) is 11.1 Å². The number of rotatable bonds is 11. The maximum absolute atomic E-state index is 7.85. The van der Waals surface area contributed by atoms with Crippen molar-refractivity contribution >= 4 is 44.8 Å². The Hall–Kier alpha value is -2.45. The summed E-state index contributed by atoms with van der Waals surface area (Å²) < 4.78 is 16.9. The van der Waals surface area contributed by atoms with Crippen LogP contribution in [0.1, 0.15) is 92.9 Å². The molecule has 8 heteroatoms. The molecule has 2 unspecified atom stereocenters. The van der Waals surface area contributed by atoms with Gasteiger partial charge in [-0.2, -0.15) is 0 Å². The molecule has 8 rings (SSSR count). The van der Waals surface area contributed by atoms with Gasteiger partial charge in [0.15, 0.2) is 0 Å². The molecule has 0 bridgehead atoms. The van der Waals surface area contributed by atoms with Crippen LogP contribution in [0.4, 0.5) is 0 Å². The largest absolute Gasteiger partial charge is 1.00 e. The third kappa shape index (κ3) is 9.55. The van der Waals surface area contributed by atoms with Crippen LogP contribution in [0.5, 0.6) is 0 Å². The van der Waals surface area contributed by atoms with E-state index in [4.69, 9.17) is 8.85 Å². The Morgan fingerprint density at radius 2 is 0.733 bits per heavy atom. The van der Waals surface area contributed by atoms with E-state index in [1.165, 1.54) is 70.8 Å². The summed E-state index contributed by atoms with van der Waals surface area (Å²) >= 11 is -2.49. The molecule has 0 amide bonds. The van der Waals surface area contributed by atoms with Crippen molar-refractivity contribution in [3.63, 3.8) is 0 Å². The van der Waals surface area contributed by atoms with Crippen LogP contribution in [-0.4, -0.2) is 24.0 Å². The summed E-state index contributed by atoms with van der Waals surface area (Å²) in [7, 11) is -4.07. The van der Waals surface area contributed by atoms with Gasteiger partial charge in [0.05, 0.1) is 0 Å². The molecule has 2 atom stereocenters. The molecule has 60 heavy (non-hydrogen) atoms. The zero-order chi connectivity index (χ0) is 40.6. The van der Waals surface area contributed by atoms with Crippen LogP contribution < -0.4 is 45.6 Å². The van der Waals surface area contributed by atoms with Crippen molar-refractivity contribution in [2.24, 2.45) is 10.8 Å². The number of allylic oxidation sites excluding steroid dienone is 6. The molecule has 4 aromatic rings. The maximum Gasteiger partial charge on any atom is -1.00 e. The van der Waals surface area contributed by atoms with Gasteiger partial charge in [-0.1, -0.05) is 0 Å². The van der Waals surface area contributed by atoms with Gasteiger partial charge < -0.3 is 24.8 Å². The summed E-state index contributed by atoms with van der Waals surface area (Å²) in [6, 6.07) is 44.8. The minimum absolute atomic E-state index is 0. The van der Waals surface area contributed by atoms with E-state index in [0.29, 0.717) is 7.25 Å². The van der Waals surface area contributed by atoms with Crippen LogP contribution in [-0.2, 0) is 29.8 Å². The molecule has 0 heterocycles. The van der Waals surface area contributed by atoms with Crippen LogP contribution in [0.25, 0.3) is 0 Å². The van der Waals surface area contributed by atoms with Crippen molar-refractivity contribution in [2.75, 3.05) is 0 Å². The molecule has 0 aliphatic heterocycles. The van der Waals surface area contributed by atoms with E-state index in [9.17, 15) is 0 Å². The van der Waals surface area contributed by atoms with Gasteiger partial charge >= 0.3 is 365 Å². The van der Waals surface area contributed by atoms with Gasteiger partial charge in [-0.3, -0.25) is 0 Å².